The molecule has 0 N–H and O–H groups in total. The summed E-state index contributed by atoms with van der Waals surface area (Å²) in [4.78, 5) is 2.13. The van der Waals surface area contributed by atoms with Crippen molar-refractivity contribution in [3.63, 3.8) is 0 Å². The van der Waals surface area contributed by atoms with E-state index in [0.29, 0.717) is 23.1 Å². The van der Waals surface area contributed by atoms with Crippen molar-refractivity contribution in [3.8, 4) is 11.3 Å². The van der Waals surface area contributed by atoms with Crippen molar-refractivity contribution in [1.29, 1.82) is 0 Å². The Bertz CT molecular complexity index is 771. The quantitative estimate of drug-likeness (QED) is 0.854. The zero-order chi connectivity index (χ0) is 15.9. The summed E-state index contributed by atoms with van der Waals surface area (Å²) in [6, 6.07) is 1.69. The number of aryl methyl sites for hydroxylation is 1. The molecule has 0 aromatic carbocycles. The van der Waals surface area contributed by atoms with Gasteiger partial charge in [-0.2, -0.15) is 4.31 Å². The van der Waals surface area contributed by atoms with Gasteiger partial charge in [0.05, 0.1) is 5.69 Å². The normalized spacial score (nSPS) is 18.0. The molecule has 6 nitrogen and oxygen atoms in total. The van der Waals surface area contributed by atoms with E-state index >= 15 is 0 Å². The average molecular weight is 341 g/mol. The van der Waals surface area contributed by atoms with Gasteiger partial charge in [0.1, 0.15) is 4.21 Å². The molecule has 0 spiro atoms. The minimum atomic E-state index is -3.42. The maximum absolute atomic E-state index is 12.7. The highest BCUT2D eigenvalue weighted by Crippen LogP contribution is 2.33. The maximum atomic E-state index is 12.7. The van der Waals surface area contributed by atoms with Crippen LogP contribution in [-0.2, 0) is 10.0 Å². The summed E-state index contributed by atoms with van der Waals surface area (Å²) in [5, 5.41) is 5.74. The molecule has 3 heterocycles. The lowest BCUT2D eigenvalue weighted by molar-refractivity contribution is 0.222. The Morgan fingerprint density at radius 1 is 1.23 bits per heavy atom. The van der Waals surface area contributed by atoms with Crippen LogP contribution in [0.15, 0.2) is 20.2 Å². The molecule has 0 unspecified atom stereocenters. The zero-order valence-electron chi connectivity index (χ0n) is 12.9. The minimum Gasteiger partial charge on any atom is -0.356 e. The topological polar surface area (TPSA) is 66.7 Å². The summed E-state index contributed by atoms with van der Waals surface area (Å²) in [6.45, 7) is 6.39. The third kappa shape index (κ3) is 2.71. The maximum Gasteiger partial charge on any atom is 0.252 e. The predicted octanol–water partition coefficient (Wildman–Crippen LogP) is 1.96. The summed E-state index contributed by atoms with van der Waals surface area (Å²) in [6.07, 6.45) is 0. The van der Waals surface area contributed by atoms with Crippen LogP contribution in [0.2, 0.25) is 0 Å². The van der Waals surface area contributed by atoms with Gasteiger partial charge >= 0.3 is 0 Å². The molecule has 1 fully saturated rings. The highest BCUT2D eigenvalue weighted by Gasteiger charge is 2.29. The Morgan fingerprint density at radius 3 is 2.50 bits per heavy atom. The van der Waals surface area contributed by atoms with Gasteiger partial charge in [0.25, 0.3) is 10.0 Å². The fraction of sp³-hybridized carbons (Fsp3) is 0.500. The highest BCUT2D eigenvalue weighted by atomic mass is 32.2. The van der Waals surface area contributed by atoms with Crippen LogP contribution in [0.1, 0.15) is 11.3 Å². The predicted molar refractivity (Wildman–Crippen MR) is 85.5 cm³/mol. The Balaban J connectivity index is 1.88. The second-order valence-electron chi connectivity index (χ2n) is 5.58. The van der Waals surface area contributed by atoms with E-state index in [0.717, 1.165) is 29.9 Å². The van der Waals surface area contributed by atoms with Crippen molar-refractivity contribution in [1.82, 2.24) is 14.4 Å². The SMILES string of the molecule is Cc1noc(-c2csc(S(=O)(=O)N3CCN(C)CC3)c2)c1C. The van der Waals surface area contributed by atoms with Gasteiger partial charge in [-0.3, -0.25) is 0 Å². The van der Waals surface area contributed by atoms with E-state index < -0.39 is 10.0 Å². The molecule has 120 valence electrons. The van der Waals surface area contributed by atoms with E-state index in [2.05, 4.69) is 10.1 Å². The lowest BCUT2D eigenvalue weighted by atomic mass is 10.1. The van der Waals surface area contributed by atoms with E-state index in [1.165, 1.54) is 11.3 Å². The van der Waals surface area contributed by atoms with Gasteiger partial charge in [-0.1, -0.05) is 5.16 Å². The lowest BCUT2D eigenvalue weighted by Gasteiger charge is -2.31. The Morgan fingerprint density at radius 2 is 1.91 bits per heavy atom. The number of likely N-dealkylation sites (N-methyl/N-ethyl adjacent to an activating group) is 1. The largest absolute Gasteiger partial charge is 0.356 e. The van der Waals surface area contributed by atoms with E-state index in [-0.39, 0.29) is 0 Å². The second kappa shape index (κ2) is 5.77. The Hall–Kier alpha value is -1.22. The molecular weight excluding hydrogens is 322 g/mol. The van der Waals surface area contributed by atoms with Gasteiger partial charge in [0.2, 0.25) is 0 Å². The van der Waals surface area contributed by atoms with Crippen LogP contribution in [0.4, 0.5) is 0 Å². The lowest BCUT2D eigenvalue weighted by Crippen LogP contribution is -2.46. The molecule has 0 amide bonds. The fourth-order valence-electron chi connectivity index (χ4n) is 2.41. The molecule has 2 aromatic rings. The first-order valence-corrected chi connectivity index (χ1v) is 9.42. The van der Waals surface area contributed by atoms with E-state index in [1.54, 1.807) is 10.4 Å². The third-order valence-electron chi connectivity index (χ3n) is 4.05. The van der Waals surface area contributed by atoms with Crippen molar-refractivity contribution >= 4 is 21.4 Å². The van der Waals surface area contributed by atoms with Gasteiger partial charge in [-0.05, 0) is 27.0 Å². The molecule has 0 saturated carbocycles. The Kier molecular flexibility index (Phi) is 4.11. The molecule has 3 rings (SSSR count). The monoisotopic (exact) mass is 341 g/mol. The number of rotatable bonds is 3. The van der Waals surface area contributed by atoms with Crippen molar-refractivity contribution < 1.29 is 12.9 Å². The van der Waals surface area contributed by atoms with Gasteiger partial charge < -0.3 is 9.42 Å². The Labute approximate surface area is 134 Å². The highest BCUT2D eigenvalue weighted by molar-refractivity contribution is 7.91. The first-order valence-electron chi connectivity index (χ1n) is 7.10. The van der Waals surface area contributed by atoms with E-state index in [1.807, 2.05) is 26.3 Å². The molecule has 1 aliphatic rings. The van der Waals surface area contributed by atoms with Crippen molar-refractivity contribution in [2.45, 2.75) is 18.1 Å². The standard InChI is InChI=1S/C14H19N3O3S2/c1-10-11(2)15-20-14(10)12-8-13(21-9-12)22(18,19)17-6-4-16(3)5-7-17/h8-9H,4-7H2,1-3H3. The number of piperazine rings is 1. The average Bonchev–Trinajstić information content (AvgIpc) is 3.08. The van der Waals surface area contributed by atoms with Crippen molar-refractivity contribution in [2.24, 2.45) is 0 Å². The fourth-order valence-corrected chi connectivity index (χ4v) is 5.15. The van der Waals surface area contributed by atoms with Gasteiger partial charge in [0, 0.05) is 42.7 Å². The number of sulfonamides is 1. The van der Waals surface area contributed by atoms with Crippen LogP contribution in [0, 0.1) is 13.8 Å². The minimum absolute atomic E-state index is 0.362. The number of thiophene rings is 1. The van der Waals surface area contributed by atoms with Crippen LogP contribution in [-0.4, -0.2) is 56.0 Å². The molecular formula is C14H19N3O3S2. The molecule has 22 heavy (non-hydrogen) atoms. The summed E-state index contributed by atoms with van der Waals surface area (Å²) < 4.78 is 32.6. The molecule has 1 aliphatic heterocycles. The first-order chi connectivity index (χ1) is 10.4. The van der Waals surface area contributed by atoms with E-state index in [4.69, 9.17) is 4.52 Å². The van der Waals surface area contributed by atoms with Gasteiger partial charge in [-0.15, -0.1) is 11.3 Å². The number of hydrogen-bond donors (Lipinski definition) is 0. The van der Waals surface area contributed by atoms with Crippen LogP contribution >= 0.6 is 11.3 Å². The molecule has 1 saturated heterocycles. The molecule has 0 atom stereocenters. The first kappa shape index (κ1) is 15.7. The molecule has 0 bridgehead atoms. The summed E-state index contributed by atoms with van der Waals surface area (Å²) in [5.74, 6) is 0.647. The second-order valence-corrected chi connectivity index (χ2v) is 8.66. The van der Waals surface area contributed by atoms with Crippen LogP contribution in [0.25, 0.3) is 11.3 Å². The third-order valence-corrected chi connectivity index (χ3v) is 7.36. The van der Waals surface area contributed by atoms with E-state index in [9.17, 15) is 8.42 Å². The zero-order valence-corrected chi connectivity index (χ0v) is 14.5. The summed E-state index contributed by atoms with van der Waals surface area (Å²) in [5.41, 5.74) is 2.54. The smallest absolute Gasteiger partial charge is 0.252 e. The molecule has 8 heteroatoms. The van der Waals surface area contributed by atoms with Crippen molar-refractivity contribution in [2.75, 3.05) is 33.2 Å². The number of nitrogens with zero attached hydrogens (tertiary/aromatic N) is 3. The summed E-state index contributed by atoms with van der Waals surface area (Å²) >= 11 is 1.23. The number of aromatic nitrogens is 1. The number of hydrogen-bond acceptors (Lipinski definition) is 6. The van der Waals surface area contributed by atoms with Crippen LogP contribution in [0.5, 0.6) is 0 Å². The van der Waals surface area contributed by atoms with Gasteiger partial charge in [-0.25, -0.2) is 8.42 Å². The molecule has 0 aliphatic carbocycles. The van der Waals surface area contributed by atoms with Crippen molar-refractivity contribution in [3.05, 3.63) is 22.7 Å². The molecule has 0 radical (unpaired) electrons. The molecule has 2 aromatic heterocycles. The van der Waals surface area contributed by atoms with Crippen LogP contribution in [0.3, 0.4) is 0 Å². The van der Waals surface area contributed by atoms with Crippen LogP contribution < -0.4 is 0 Å². The summed E-state index contributed by atoms with van der Waals surface area (Å²) in [7, 11) is -1.41. The van der Waals surface area contributed by atoms with Gasteiger partial charge in [0.15, 0.2) is 5.76 Å².